The van der Waals surface area contributed by atoms with Crippen molar-refractivity contribution in [1.29, 1.82) is 5.26 Å². The summed E-state index contributed by atoms with van der Waals surface area (Å²) in [6.45, 7) is 0. The van der Waals surface area contributed by atoms with Gasteiger partial charge in [0.25, 0.3) is 5.91 Å². The number of nitrogens with one attached hydrogen (secondary N) is 2. The molecule has 2 aromatic carbocycles. The molecular formula is C18H11Cl2N5O. The van der Waals surface area contributed by atoms with E-state index in [9.17, 15) is 4.79 Å². The Morgan fingerprint density at radius 1 is 1.04 bits per heavy atom. The molecule has 0 saturated carbocycles. The van der Waals surface area contributed by atoms with Crippen LogP contribution in [0.15, 0.2) is 54.9 Å². The number of rotatable bonds is 4. The molecule has 0 spiro atoms. The number of amides is 1. The minimum absolute atomic E-state index is 0.140. The summed E-state index contributed by atoms with van der Waals surface area (Å²) in [5.74, 6) is 0.0300. The number of nitrogens with zero attached hydrogens (tertiary/aromatic N) is 3. The lowest BCUT2D eigenvalue weighted by molar-refractivity contribution is 0.102. The molecule has 3 rings (SSSR count). The predicted octanol–water partition coefficient (Wildman–Crippen LogP) is 4.65. The predicted molar refractivity (Wildman–Crippen MR) is 101 cm³/mol. The van der Waals surface area contributed by atoms with E-state index in [1.807, 2.05) is 6.07 Å². The average molecular weight is 384 g/mol. The van der Waals surface area contributed by atoms with Crippen LogP contribution in [0.4, 0.5) is 17.2 Å². The van der Waals surface area contributed by atoms with Crippen LogP contribution in [0.25, 0.3) is 0 Å². The number of hydrogen-bond acceptors (Lipinski definition) is 5. The van der Waals surface area contributed by atoms with Crippen molar-refractivity contribution in [1.82, 2.24) is 9.97 Å². The van der Waals surface area contributed by atoms with Gasteiger partial charge in [-0.3, -0.25) is 4.79 Å². The Balaban J connectivity index is 1.68. The van der Waals surface area contributed by atoms with E-state index in [0.29, 0.717) is 27.1 Å². The first-order valence-electron chi connectivity index (χ1n) is 7.41. The SMILES string of the molecule is N#Cc1ccc(Nc2cnc(C(=O)Nc3ccc(Cl)cc3Cl)cn2)cc1. The van der Waals surface area contributed by atoms with Gasteiger partial charge in [0.1, 0.15) is 11.5 Å². The smallest absolute Gasteiger partial charge is 0.275 e. The highest BCUT2D eigenvalue weighted by molar-refractivity contribution is 6.36. The van der Waals surface area contributed by atoms with Gasteiger partial charge in [0, 0.05) is 10.7 Å². The Morgan fingerprint density at radius 3 is 2.42 bits per heavy atom. The van der Waals surface area contributed by atoms with Gasteiger partial charge in [0.05, 0.1) is 34.7 Å². The summed E-state index contributed by atoms with van der Waals surface area (Å²) in [6.07, 6.45) is 2.79. The van der Waals surface area contributed by atoms with Crippen molar-refractivity contribution in [2.24, 2.45) is 0 Å². The maximum absolute atomic E-state index is 12.2. The van der Waals surface area contributed by atoms with E-state index < -0.39 is 5.91 Å². The number of carbonyl (C=O) groups excluding carboxylic acids is 1. The first kappa shape index (κ1) is 17.7. The van der Waals surface area contributed by atoms with Crippen LogP contribution in [0, 0.1) is 11.3 Å². The zero-order chi connectivity index (χ0) is 18.5. The molecule has 1 amide bonds. The highest BCUT2D eigenvalue weighted by atomic mass is 35.5. The number of carbonyl (C=O) groups is 1. The Kier molecular flexibility index (Phi) is 5.32. The molecule has 0 unspecified atom stereocenters. The van der Waals surface area contributed by atoms with Crippen LogP contribution in [-0.2, 0) is 0 Å². The fourth-order valence-electron chi connectivity index (χ4n) is 2.06. The molecule has 0 radical (unpaired) electrons. The number of anilines is 3. The van der Waals surface area contributed by atoms with Crippen LogP contribution >= 0.6 is 23.2 Å². The van der Waals surface area contributed by atoms with E-state index in [4.69, 9.17) is 28.5 Å². The van der Waals surface area contributed by atoms with Crippen LogP contribution in [0.3, 0.4) is 0 Å². The Hall–Kier alpha value is -3.14. The second-order valence-electron chi connectivity index (χ2n) is 5.18. The van der Waals surface area contributed by atoms with Crippen LogP contribution in [0.2, 0.25) is 10.0 Å². The number of aromatic nitrogens is 2. The maximum atomic E-state index is 12.2. The highest BCUT2D eigenvalue weighted by Crippen LogP contribution is 2.25. The van der Waals surface area contributed by atoms with Crippen LogP contribution in [0.1, 0.15) is 16.1 Å². The largest absolute Gasteiger partial charge is 0.339 e. The minimum Gasteiger partial charge on any atom is -0.339 e. The highest BCUT2D eigenvalue weighted by Gasteiger charge is 2.11. The number of nitriles is 1. The van der Waals surface area contributed by atoms with Crippen molar-refractivity contribution in [2.75, 3.05) is 10.6 Å². The van der Waals surface area contributed by atoms with E-state index in [2.05, 4.69) is 20.6 Å². The molecule has 0 saturated heterocycles. The molecule has 1 heterocycles. The summed E-state index contributed by atoms with van der Waals surface area (Å²) in [6, 6.07) is 13.7. The molecule has 0 aliphatic heterocycles. The first-order chi connectivity index (χ1) is 12.5. The van der Waals surface area contributed by atoms with Gasteiger partial charge in [-0.2, -0.15) is 5.26 Å². The Morgan fingerprint density at radius 2 is 1.81 bits per heavy atom. The number of benzene rings is 2. The quantitative estimate of drug-likeness (QED) is 0.683. The van der Waals surface area contributed by atoms with Gasteiger partial charge in [-0.05, 0) is 42.5 Å². The Bertz CT molecular complexity index is 982. The average Bonchev–Trinajstić information content (AvgIpc) is 2.65. The van der Waals surface area contributed by atoms with Crippen molar-refractivity contribution in [2.45, 2.75) is 0 Å². The molecule has 0 aliphatic rings. The van der Waals surface area contributed by atoms with Gasteiger partial charge in [0.15, 0.2) is 0 Å². The zero-order valence-electron chi connectivity index (χ0n) is 13.2. The topological polar surface area (TPSA) is 90.7 Å². The van der Waals surface area contributed by atoms with Gasteiger partial charge in [-0.15, -0.1) is 0 Å². The second kappa shape index (κ2) is 7.83. The van der Waals surface area contributed by atoms with E-state index in [0.717, 1.165) is 5.69 Å². The van der Waals surface area contributed by atoms with Gasteiger partial charge in [-0.1, -0.05) is 23.2 Å². The fraction of sp³-hybridized carbons (Fsp3) is 0. The van der Waals surface area contributed by atoms with Crippen LogP contribution in [0.5, 0.6) is 0 Å². The summed E-state index contributed by atoms with van der Waals surface area (Å²) in [5.41, 5.74) is 1.89. The zero-order valence-corrected chi connectivity index (χ0v) is 14.7. The fourth-order valence-corrected chi connectivity index (χ4v) is 2.52. The molecule has 128 valence electrons. The molecule has 0 atom stereocenters. The summed E-state index contributed by atoms with van der Waals surface area (Å²) < 4.78 is 0. The number of halogens is 2. The van der Waals surface area contributed by atoms with E-state index in [1.165, 1.54) is 18.5 Å². The first-order valence-corrected chi connectivity index (χ1v) is 8.16. The lowest BCUT2D eigenvalue weighted by atomic mass is 10.2. The van der Waals surface area contributed by atoms with Crippen molar-refractivity contribution in [3.63, 3.8) is 0 Å². The van der Waals surface area contributed by atoms with E-state index in [-0.39, 0.29) is 5.69 Å². The molecule has 2 N–H and O–H groups in total. The van der Waals surface area contributed by atoms with E-state index in [1.54, 1.807) is 36.4 Å². The van der Waals surface area contributed by atoms with Crippen molar-refractivity contribution < 1.29 is 4.79 Å². The van der Waals surface area contributed by atoms with Gasteiger partial charge >= 0.3 is 0 Å². The molecule has 0 fully saturated rings. The maximum Gasteiger partial charge on any atom is 0.275 e. The Labute approximate surface area is 159 Å². The molecule has 6 nitrogen and oxygen atoms in total. The molecule has 1 aromatic heterocycles. The standard InChI is InChI=1S/C18H11Cl2N5O/c19-12-3-6-15(14(20)7-12)25-18(26)16-9-23-17(10-22-16)24-13-4-1-11(8-21)2-5-13/h1-7,9-10H,(H,23,24)(H,25,26). The summed E-state index contributed by atoms with van der Waals surface area (Å²) in [5, 5.41) is 15.3. The molecule has 26 heavy (non-hydrogen) atoms. The molecular weight excluding hydrogens is 373 g/mol. The third-order valence-corrected chi connectivity index (χ3v) is 3.90. The third-order valence-electron chi connectivity index (χ3n) is 3.35. The lowest BCUT2D eigenvalue weighted by Gasteiger charge is -2.08. The summed E-state index contributed by atoms with van der Waals surface area (Å²) >= 11 is 11.9. The second-order valence-corrected chi connectivity index (χ2v) is 6.02. The van der Waals surface area contributed by atoms with Gasteiger partial charge in [-0.25, -0.2) is 9.97 Å². The lowest BCUT2D eigenvalue weighted by Crippen LogP contribution is -2.14. The molecule has 0 bridgehead atoms. The number of hydrogen-bond donors (Lipinski definition) is 2. The molecule has 8 heteroatoms. The molecule has 3 aromatic rings. The molecule has 0 aliphatic carbocycles. The summed E-state index contributed by atoms with van der Waals surface area (Å²) in [4.78, 5) is 20.5. The minimum atomic E-state index is -0.438. The van der Waals surface area contributed by atoms with E-state index >= 15 is 0 Å². The van der Waals surface area contributed by atoms with Gasteiger partial charge in [0.2, 0.25) is 0 Å². The van der Waals surface area contributed by atoms with Crippen molar-refractivity contribution in [3.05, 3.63) is 76.2 Å². The van der Waals surface area contributed by atoms with Crippen LogP contribution < -0.4 is 10.6 Å². The van der Waals surface area contributed by atoms with Crippen molar-refractivity contribution >= 4 is 46.3 Å². The monoisotopic (exact) mass is 383 g/mol. The summed E-state index contributed by atoms with van der Waals surface area (Å²) in [7, 11) is 0. The third kappa shape index (κ3) is 4.28. The van der Waals surface area contributed by atoms with Crippen molar-refractivity contribution in [3.8, 4) is 6.07 Å². The van der Waals surface area contributed by atoms with Crippen LogP contribution in [-0.4, -0.2) is 15.9 Å². The van der Waals surface area contributed by atoms with Gasteiger partial charge < -0.3 is 10.6 Å². The normalized spacial score (nSPS) is 10.0.